The van der Waals surface area contributed by atoms with E-state index in [9.17, 15) is 4.79 Å². The van der Waals surface area contributed by atoms with Gasteiger partial charge in [0.25, 0.3) is 0 Å². The summed E-state index contributed by atoms with van der Waals surface area (Å²) in [6.45, 7) is 5.56. The Morgan fingerprint density at radius 2 is 2.17 bits per heavy atom. The lowest BCUT2D eigenvalue weighted by molar-refractivity contribution is 0.0916. The first-order valence-electron chi connectivity index (χ1n) is 7.76. The smallest absolute Gasteiger partial charge is 0.190 e. The highest BCUT2D eigenvalue weighted by Gasteiger charge is 2.35. The molecule has 4 rings (SSSR count). The van der Waals surface area contributed by atoms with E-state index < -0.39 is 0 Å². The molecule has 0 spiro atoms. The Labute approximate surface area is 139 Å². The van der Waals surface area contributed by atoms with Gasteiger partial charge in [-0.1, -0.05) is 25.2 Å². The molecule has 5 nitrogen and oxygen atoms in total. The minimum absolute atomic E-state index is 0.00715. The van der Waals surface area contributed by atoms with Crippen molar-refractivity contribution in [2.75, 3.05) is 23.8 Å². The molecule has 0 fully saturated rings. The average Bonchev–Trinajstić information content (AvgIpc) is 2.88. The van der Waals surface area contributed by atoms with Crippen molar-refractivity contribution in [3.05, 3.63) is 28.8 Å². The summed E-state index contributed by atoms with van der Waals surface area (Å²) in [7, 11) is 0. The summed E-state index contributed by atoms with van der Waals surface area (Å²) >= 11 is 1.50. The van der Waals surface area contributed by atoms with Crippen molar-refractivity contribution in [3.8, 4) is 5.75 Å². The highest BCUT2D eigenvalue weighted by Crippen LogP contribution is 2.43. The molecule has 0 amide bonds. The number of nitrogens with two attached hydrogens (primary N) is 1. The second-order valence-corrected chi connectivity index (χ2v) is 7.92. The molecule has 2 heterocycles. The molecule has 0 saturated carbocycles. The Balaban J connectivity index is 1.75. The fourth-order valence-electron chi connectivity index (χ4n) is 3.26. The van der Waals surface area contributed by atoms with Crippen molar-refractivity contribution in [1.82, 2.24) is 4.98 Å². The lowest BCUT2D eigenvalue weighted by atomic mass is 9.78. The molecule has 2 aromatic rings. The number of Topliss-reactive ketones (excluding diaryl/α,β-unsaturated/α-hetero) is 1. The van der Waals surface area contributed by atoms with E-state index in [1.807, 2.05) is 18.2 Å². The van der Waals surface area contributed by atoms with Crippen molar-refractivity contribution >= 4 is 33.6 Å². The van der Waals surface area contributed by atoms with Crippen LogP contribution in [0.3, 0.4) is 0 Å². The number of fused-ring (bicyclic) bond motifs is 2. The molecule has 0 bridgehead atoms. The molecule has 1 aliphatic carbocycles. The van der Waals surface area contributed by atoms with Gasteiger partial charge >= 0.3 is 0 Å². The molecule has 6 heteroatoms. The highest BCUT2D eigenvalue weighted by molar-refractivity contribution is 7.17. The van der Waals surface area contributed by atoms with Gasteiger partial charge in [-0.25, -0.2) is 4.98 Å². The minimum atomic E-state index is -0.00715. The summed E-state index contributed by atoms with van der Waals surface area (Å²) in [6.07, 6.45) is 1.45. The summed E-state index contributed by atoms with van der Waals surface area (Å²) < 4.78 is 5.70. The molecule has 0 atom stereocenters. The lowest BCUT2D eigenvalue weighted by Gasteiger charge is -2.29. The molecule has 1 aliphatic heterocycles. The van der Waals surface area contributed by atoms with Crippen LogP contribution in [0.25, 0.3) is 0 Å². The van der Waals surface area contributed by atoms with E-state index in [4.69, 9.17) is 15.5 Å². The van der Waals surface area contributed by atoms with E-state index in [0.717, 1.165) is 40.1 Å². The van der Waals surface area contributed by atoms with Gasteiger partial charge in [0.1, 0.15) is 12.4 Å². The van der Waals surface area contributed by atoms with E-state index in [1.54, 1.807) is 0 Å². The van der Waals surface area contributed by atoms with Gasteiger partial charge in [-0.15, -0.1) is 0 Å². The van der Waals surface area contributed by atoms with Gasteiger partial charge in [0.15, 0.2) is 10.9 Å². The number of hydrogen-bond acceptors (Lipinski definition) is 6. The number of aromatic nitrogens is 1. The molecule has 2 aliphatic rings. The quantitative estimate of drug-likeness (QED) is 0.812. The monoisotopic (exact) mass is 329 g/mol. The molecular formula is C17H19N3O2S. The van der Waals surface area contributed by atoms with Gasteiger partial charge in [-0.3, -0.25) is 4.79 Å². The van der Waals surface area contributed by atoms with Gasteiger partial charge in [-0.2, -0.15) is 0 Å². The number of ether oxygens (including phenoxy) is 1. The van der Waals surface area contributed by atoms with Crippen LogP contribution in [0.5, 0.6) is 5.75 Å². The predicted molar refractivity (Wildman–Crippen MR) is 91.9 cm³/mol. The first-order valence-corrected chi connectivity index (χ1v) is 8.57. The highest BCUT2D eigenvalue weighted by atomic mass is 32.1. The number of nitrogens with zero attached hydrogens (tertiary/aromatic N) is 2. The zero-order valence-electron chi connectivity index (χ0n) is 13.3. The van der Waals surface area contributed by atoms with E-state index in [-0.39, 0.29) is 11.2 Å². The fourth-order valence-corrected chi connectivity index (χ4v) is 4.32. The Morgan fingerprint density at radius 1 is 1.35 bits per heavy atom. The maximum absolute atomic E-state index is 12.4. The van der Waals surface area contributed by atoms with Crippen LogP contribution in [0.1, 0.15) is 35.6 Å². The molecule has 0 radical (unpaired) electrons. The molecule has 23 heavy (non-hydrogen) atoms. The van der Waals surface area contributed by atoms with Crippen LogP contribution < -0.4 is 15.4 Å². The lowest BCUT2D eigenvalue weighted by Crippen LogP contribution is -2.28. The first-order chi connectivity index (χ1) is 10.9. The molecule has 1 aromatic heterocycles. The SMILES string of the molecule is CC1(C)CC(=O)c2sc(N3CCOc4cc(N)ccc43)nc2C1. The molecule has 2 N–H and O–H groups in total. The zero-order valence-corrected chi connectivity index (χ0v) is 14.1. The number of anilines is 3. The van der Waals surface area contributed by atoms with Gasteiger partial charge in [0.05, 0.1) is 22.8 Å². The van der Waals surface area contributed by atoms with Crippen molar-refractivity contribution in [1.29, 1.82) is 0 Å². The Hall–Kier alpha value is -2.08. The number of benzene rings is 1. The third-order valence-electron chi connectivity index (χ3n) is 4.30. The zero-order chi connectivity index (χ0) is 16.2. The largest absolute Gasteiger partial charge is 0.489 e. The summed E-state index contributed by atoms with van der Waals surface area (Å²) in [5, 5.41) is 0.871. The number of nitrogen functional groups attached to an aromatic ring is 1. The van der Waals surface area contributed by atoms with Crippen LogP contribution in [-0.4, -0.2) is 23.9 Å². The Kier molecular flexibility index (Phi) is 3.13. The van der Waals surface area contributed by atoms with Gasteiger partial charge in [0.2, 0.25) is 0 Å². The number of thiazole rings is 1. The van der Waals surface area contributed by atoms with Gasteiger partial charge in [0, 0.05) is 18.2 Å². The Bertz CT molecular complexity index is 797. The van der Waals surface area contributed by atoms with Crippen LogP contribution in [0.15, 0.2) is 18.2 Å². The second kappa shape index (κ2) is 4.96. The predicted octanol–water partition coefficient (Wildman–Crippen LogP) is 3.41. The summed E-state index contributed by atoms with van der Waals surface area (Å²) in [4.78, 5) is 20.1. The third kappa shape index (κ3) is 2.47. The van der Waals surface area contributed by atoms with Crippen molar-refractivity contribution in [3.63, 3.8) is 0 Å². The van der Waals surface area contributed by atoms with Crippen LogP contribution >= 0.6 is 11.3 Å². The van der Waals surface area contributed by atoms with E-state index in [2.05, 4.69) is 18.7 Å². The van der Waals surface area contributed by atoms with E-state index >= 15 is 0 Å². The summed E-state index contributed by atoms with van der Waals surface area (Å²) in [6, 6.07) is 5.65. The maximum Gasteiger partial charge on any atom is 0.190 e. The minimum Gasteiger partial charge on any atom is -0.489 e. The maximum atomic E-state index is 12.4. The first kappa shape index (κ1) is 14.5. The average molecular weight is 329 g/mol. The number of carbonyl (C=O) groups is 1. The Morgan fingerprint density at radius 3 is 3.00 bits per heavy atom. The third-order valence-corrected chi connectivity index (χ3v) is 5.46. The molecule has 120 valence electrons. The number of ketones is 1. The fraction of sp³-hybridized carbons (Fsp3) is 0.412. The molecule has 0 saturated heterocycles. The summed E-state index contributed by atoms with van der Waals surface area (Å²) in [5.74, 6) is 0.988. The molecule has 1 aromatic carbocycles. The van der Waals surface area contributed by atoms with Gasteiger partial charge < -0.3 is 15.4 Å². The molecular weight excluding hydrogens is 310 g/mol. The van der Waals surface area contributed by atoms with E-state index in [1.165, 1.54) is 11.3 Å². The van der Waals surface area contributed by atoms with Crippen LogP contribution in [-0.2, 0) is 6.42 Å². The van der Waals surface area contributed by atoms with E-state index in [0.29, 0.717) is 18.7 Å². The normalized spacial score (nSPS) is 19.0. The standard InChI is InChI=1S/C17H19N3O2S/c1-17(2)8-11-15(13(21)9-17)23-16(19-11)20-5-6-22-14-7-10(18)3-4-12(14)20/h3-4,7H,5-6,8-9,18H2,1-2H3. The van der Waals surface area contributed by atoms with Crippen LogP contribution in [0.2, 0.25) is 0 Å². The van der Waals surface area contributed by atoms with Crippen molar-refractivity contribution in [2.45, 2.75) is 26.7 Å². The number of rotatable bonds is 1. The number of hydrogen-bond donors (Lipinski definition) is 1. The van der Waals surface area contributed by atoms with Crippen LogP contribution in [0, 0.1) is 5.41 Å². The van der Waals surface area contributed by atoms with Gasteiger partial charge in [-0.05, 0) is 24.0 Å². The number of carbonyl (C=O) groups excluding carboxylic acids is 1. The second-order valence-electron chi connectivity index (χ2n) is 6.94. The topological polar surface area (TPSA) is 68.5 Å². The van der Waals surface area contributed by atoms with Crippen molar-refractivity contribution in [2.24, 2.45) is 5.41 Å². The van der Waals surface area contributed by atoms with Crippen molar-refractivity contribution < 1.29 is 9.53 Å². The molecule has 0 unspecified atom stereocenters. The summed E-state index contributed by atoms with van der Waals surface area (Å²) in [5.41, 5.74) is 8.41. The van der Waals surface area contributed by atoms with Crippen LogP contribution in [0.4, 0.5) is 16.5 Å².